The van der Waals surface area contributed by atoms with Gasteiger partial charge in [0.1, 0.15) is 17.4 Å². The number of anilines is 1. The van der Waals surface area contributed by atoms with Gasteiger partial charge in [0.05, 0.1) is 18.4 Å². The second-order valence-corrected chi connectivity index (χ2v) is 9.66. The average molecular weight is 489 g/mol. The number of nitrogens with one attached hydrogen (secondary N) is 1. The summed E-state index contributed by atoms with van der Waals surface area (Å²) in [4.78, 5) is 25.7. The van der Waals surface area contributed by atoms with E-state index < -0.39 is 5.97 Å². The second kappa shape index (κ2) is 10.8. The highest BCUT2D eigenvalue weighted by atomic mass is 32.2. The number of thioether (sulfide) groups is 1. The number of carbonyl (C=O) groups excluding carboxylic acids is 2. The van der Waals surface area contributed by atoms with Gasteiger partial charge in [-0.2, -0.15) is 0 Å². The third kappa shape index (κ3) is 5.75. The number of amides is 1. The molecule has 3 aromatic rings. The summed E-state index contributed by atoms with van der Waals surface area (Å²) in [5.41, 5.74) is 3.59. The van der Waals surface area contributed by atoms with Crippen molar-refractivity contribution in [1.29, 1.82) is 0 Å². The van der Waals surface area contributed by atoms with E-state index in [0.717, 1.165) is 16.2 Å². The number of aromatic nitrogens is 3. The first-order valence-electron chi connectivity index (χ1n) is 10.5. The van der Waals surface area contributed by atoms with Crippen LogP contribution in [-0.4, -0.2) is 39.5 Å². The van der Waals surface area contributed by atoms with E-state index in [9.17, 15) is 9.59 Å². The average Bonchev–Trinajstić information content (AvgIpc) is 3.31. The smallest absolute Gasteiger partial charge is 0.341 e. The van der Waals surface area contributed by atoms with Gasteiger partial charge in [-0.05, 0) is 63.4 Å². The molecule has 0 aliphatic heterocycles. The van der Waals surface area contributed by atoms with Crippen molar-refractivity contribution in [2.24, 2.45) is 0 Å². The Morgan fingerprint density at radius 2 is 1.91 bits per heavy atom. The molecule has 2 heterocycles. The van der Waals surface area contributed by atoms with Crippen LogP contribution < -0.4 is 10.1 Å². The molecule has 0 bridgehead atoms. The van der Waals surface area contributed by atoms with Gasteiger partial charge < -0.3 is 19.4 Å². The first kappa shape index (κ1) is 24.8. The molecule has 0 saturated heterocycles. The van der Waals surface area contributed by atoms with Crippen LogP contribution in [0.25, 0.3) is 0 Å². The molecule has 3 rings (SSSR count). The van der Waals surface area contributed by atoms with Crippen LogP contribution in [0.1, 0.15) is 44.7 Å². The van der Waals surface area contributed by atoms with Gasteiger partial charge in [-0.25, -0.2) is 4.79 Å². The van der Waals surface area contributed by atoms with E-state index >= 15 is 0 Å². The van der Waals surface area contributed by atoms with Crippen LogP contribution in [0.3, 0.4) is 0 Å². The molecule has 0 radical (unpaired) electrons. The SMILES string of the molecule is CCn1c(COc2ccc(C)c(C)c2)nnc1SCC(=O)Nc1sc(C)c(C)c1C(=O)OC. The molecule has 33 heavy (non-hydrogen) atoms. The molecule has 0 saturated carbocycles. The summed E-state index contributed by atoms with van der Waals surface area (Å²) in [5.74, 6) is 0.910. The molecule has 1 N–H and O–H groups in total. The molecular formula is C23H28N4O4S2. The largest absolute Gasteiger partial charge is 0.486 e. The molecule has 0 atom stereocenters. The predicted octanol–water partition coefficient (Wildman–Crippen LogP) is 4.69. The Balaban J connectivity index is 1.63. The third-order valence-electron chi connectivity index (χ3n) is 5.32. The van der Waals surface area contributed by atoms with Crippen LogP contribution in [0.4, 0.5) is 5.00 Å². The maximum Gasteiger partial charge on any atom is 0.341 e. The Bertz CT molecular complexity index is 1170. The number of ether oxygens (including phenoxy) is 2. The number of carbonyl (C=O) groups is 2. The van der Waals surface area contributed by atoms with Crippen molar-refractivity contribution in [2.75, 3.05) is 18.2 Å². The van der Waals surface area contributed by atoms with Crippen LogP contribution >= 0.6 is 23.1 Å². The summed E-state index contributed by atoms with van der Waals surface area (Å²) in [6.45, 7) is 10.8. The molecule has 0 spiro atoms. The highest BCUT2D eigenvalue weighted by molar-refractivity contribution is 7.99. The standard InChI is InChI=1S/C23H28N4O4S2/c1-7-27-18(11-31-17-9-8-13(2)14(3)10-17)25-26-23(27)32-12-19(28)24-21-20(22(29)30-6)15(4)16(5)33-21/h8-10H,7,11-12H2,1-6H3,(H,24,28). The van der Waals surface area contributed by atoms with E-state index in [-0.39, 0.29) is 18.3 Å². The van der Waals surface area contributed by atoms with Crippen LogP contribution in [0, 0.1) is 27.7 Å². The number of hydrogen-bond acceptors (Lipinski definition) is 8. The van der Waals surface area contributed by atoms with E-state index in [0.29, 0.717) is 28.1 Å². The monoisotopic (exact) mass is 488 g/mol. The van der Waals surface area contributed by atoms with Gasteiger partial charge in [-0.15, -0.1) is 21.5 Å². The van der Waals surface area contributed by atoms with Crippen LogP contribution in [0.5, 0.6) is 5.75 Å². The van der Waals surface area contributed by atoms with Gasteiger partial charge in [0.25, 0.3) is 0 Å². The van der Waals surface area contributed by atoms with Crippen LogP contribution in [0.2, 0.25) is 0 Å². The van der Waals surface area contributed by atoms with Gasteiger partial charge >= 0.3 is 5.97 Å². The van der Waals surface area contributed by atoms with Crippen molar-refractivity contribution in [3.05, 3.63) is 51.2 Å². The first-order valence-corrected chi connectivity index (χ1v) is 12.3. The summed E-state index contributed by atoms with van der Waals surface area (Å²) >= 11 is 2.65. The molecular weight excluding hydrogens is 460 g/mol. The molecule has 1 aromatic carbocycles. The maximum atomic E-state index is 12.6. The van der Waals surface area contributed by atoms with Crippen molar-refractivity contribution in [2.45, 2.75) is 52.9 Å². The van der Waals surface area contributed by atoms with E-state index in [1.807, 2.05) is 50.5 Å². The fraction of sp³-hybridized carbons (Fsp3) is 0.391. The molecule has 176 valence electrons. The normalized spacial score (nSPS) is 10.8. The minimum Gasteiger partial charge on any atom is -0.486 e. The summed E-state index contributed by atoms with van der Waals surface area (Å²) in [6.07, 6.45) is 0. The van der Waals surface area contributed by atoms with Gasteiger partial charge in [0, 0.05) is 11.4 Å². The maximum absolute atomic E-state index is 12.6. The van der Waals surface area contributed by atoms with Crippen LogP contribution in [-0.2, 0) is 22.7 Å². The Morgan fingerprint density at radius 3 is 2.58 bits per heavy atom. The number of methoxy groups -OCH3 is 1. The summed E-state index contributed by atoms with van der Waals surface area (Å²) < 4.78 is 12.7. The molecule has 0 aliphatic rings. The minimum absolute atomic E-state index is 0.132. The molecule has 10 heteroatoms. The highest BCUT2D eigenvalue weighted by Gasteiger charge is 2.22. The quantitative estimate of drug-likeness (QED) is 0.345. The minimum atomic E-state index is -0.459. The second-order valence-electron chi connectivity index (χ2n) is 7.49. The summed E-state index contributed by atoms with van der Waals surface area (Å²) in [5, 5.41) is 12.4. The fourth-order valence-electron chi connectivity index (χ4n) is 3.16. The fourth-order valence-corrected chi connectivity index (χ4v) is 5.04. The Hall–Kier alpha value is -2.85. The molecule has 0 fully saturated rings. The van der Waals surface area contributed by atoms with Gasteiger partial charge in [-0.1, -0.05) is 17.8 Å². The summed E-state index contributed by atoms with van der Waals surface area (Å²) in [6, 6.07) is 5.96. The van der Waals surface area contributed by atoms with E-state index in [1.165, 1.54) is 41.3 Å². The molecule has 0 aliphatic carbocycles. The zero-order chi connectivity index (χ0) is 24.1. The zero-order valence-corrected chi connectivity index (χ0v) is 21.3. The molecule has 8 nitrogen and oxygen atoms in total. The van der Waals surface area contributed by atoms with E-state index in [1.54, 1.807) is 0 Å². The Kier molecular flexibility index (Phi) is 8.15. The number of rotatable bonds is 9. The summed E-state index contributed by atoms with van der Waals surface area (Å²) in [7, 11) is 1.33. The van der Waals surface area contributed by atoms with E-state index in [2.05, 4.69) is 22.4 Å². The lowest BCUT2D eigenvalue weighted by molar-refractivity contribution is -0.113. The van der Waals surface area contributed by atoms with Crippen molar-refractivity contribution >= 4 is 40.0 Å². The first-order chi connectivity index (χ1) is 15.7. The molecule has 1 amide bonds. The number of nitrogens with zero attached hydrogens (tertiary/aromatic N) is 3. The number of thiophene rings is 1. The lowest BCUT2D eigenvalue weighted by atomic mass is 10.1. The molecule has 0 unspecified atom stereocenters. The Morgan fingerprint density at radius 1 is 1.15 bits per heavy atom. The number of benzene rings is 1. The van der Waals surface area contributed by atoms with Gasteiger partial charge in [0.15, 0.2) is 11.0 Å². The number of hydrogen-bond donors (Lipinski definition) is 1. The zero-order valence-electron chi connectivity index (χ0n) is 19.6. The van der Waals surface area contributed by atoms with Crippen LogP contribution in [0.15, 0.2) is 23.4 Å². The number of esters is 1. The van der Waals surface area contributed by atoms with Crippen molar-refractivity contribution < 1.29 is 19.1 Å². The topological polar surface area (TPSA) is 95.3 Å². The van der Waals surface area contributed by atoms with Crippen molar-refractivity contribution in [1.82, 2.24) is 14.8 Å². The highest BCUT2D eigenvalue weighted by Crippen LogP contribution is 2.33. The lowest BCUT2D eigenvalue weighted by Crippen LogP contribution is -2.16. The number of aryl methyl sites for hydroxylation is 3. The Labute approximate surface area is 201 Å². The van der Waals surface area contributed by atoms with Crippen molar-refractivity contribution in [3.8, 4) is 5.75 Å². The van der Waals surface area contributed by atoms with Gasteiger partial charge in [-0.3, -0.25) is 4.79 Å². The molecule has 2 aromatic heterocycles. The van der Waals surface area contributed by atoms with Crippen molar-refractivity contribution in [3.63, 3.8) is 0 Å². The predicted molar refractivity (Wildman–Crippen MR) is 130 cm³/mol. The van der Waals surface area contributed by atoms with Gasteiger partial charge in [0.2, 0.25) is 5.91 Å². The van der Waals surface area contributed by atoms with E-state index in [4.69, 9.17) is 9.47 Å². The lowest BCUT2D eigenvalue weighted by Gasteiger charge is -2.10. The third-order valence-corrected chi connectivity index (χ3v) is 7.41.